The molecule has 0 saturated heterocycles. The second-order valence-electron chi connectivity index (χ2n) is 6.61. The maximum absolute atomic E-state index is 13.2. The third-order valence-electron chi connectivity index (χ3n) is 4.73. The molecule has 4 aromatic rings. The van der Waals surface area contributed by atoms with E-state index < -0.39 is 0 Å². The minimum absolute atomic E-state index is 0.0154. The number of fused-ring (bicyclic) bond motifs is 1. The van der Waals surface area contributed by atoms with Gasteiger partial charge in [-0.3, -0.25) is 9.36 Å². The number of ether oxygens (including phenoxy) is 1. The molecule has 0 fully saturated rings. The number of aryl methyl sites for hydroxylation is 1. The number of hydrogen-bond acceptors (Lipinski definition) is 3. The first-order valence-corrected chi connectivity index (χ1v) is 9.53. The molecule has 0 bridgehead atoms. The molecule has 3 aromatic carbocycles. The van der Waals surface area contributed by atoms with E-state index >= 15 is 0 Å². The third kappa shape index (κ3) is 3.67. The smallest absolute Gasteiger partial charge is 0.261 e. The van der Waals surface area contributed by atoms with Crippen LogP contribution in [-0.4, -0.2) is 16.2 Å². The maximum atomic E-state index is 13.2. The van der Waals surface area contributed by atoms with Crippen molar-refractivity contribution in [3.05, 3.63) is 94.8 Å². The van der Waals surface area contributed by atoms with E-state index in [0.29, 0.717) is 29.9 Å². The van der Waals surface area contributed by atoms with Gasteiger partial charge in [-0.15, -0.1) is 0 Å². The van der Waals surface area contributed by atoms with Crippen molar-refractivity contribution in [2.24, 2.45) is 0 Å². The van der Waals surface area contributed by atoms with Crippen LogP contribution in [0.4, 0.5) is 0 Å². The van der Waals surface area contributed by atoms with Crippen molar-refractivity contribution in [2.75, 3.05) is 6.61 Å². The van der Waals surface area contributed by atoms with Crippen LogP contribution in [0.3, 0.4) is 0 Å². The normalized spacial score (nSPS) is 10.9. The lowest BCUT2D eigenvalue weighted by atomic mass is 10.1. The Hall–Kier alpha value is -3.40. The molecule has 140 valence electrons. The van der Waals surface area contributed by atoms with Gasteiger partial charge in [-0.25, -0.2) is 4.98 Å². The summed E-state index contributed by atoms with van der Waals surface area (Å²) < 4.78 is 7.42. The fourth-order valence-corrected chi connectivity index (χ4v) is 3.37. The molecule has 0 unspecified atom stereocenters. The highest BCUT2D eigenvalue weighted by molar-refractivity contribution is 5.79. The van der Waals surface area contributed by atoms with Crippen molar-refractivity contribution >= 4 is 10.9 Å². The van der Waals surface area contributed by atoms with Gasteiger partial charge in [0.2, 0.25) is 0 Å². The summed E-state index contributed by atoms with van der Waals surface area (Å²) >= 11 is 0. The minimum atomic E-state index is -0.0154. The van der Waals surface area contributed by atoms with Crippen LogP contribution in [0.5, 0.6) is 5.75 Å². The molecule has 0 aliphatic carbocycles. The Labute approximate surface area is 164 Å². The summed E-state index contributed by atoms with van der Waals surface area (Å²) in [5, 5.41) is 0.639. The molecule has 0 aliphatic heterocycles. The van der Waals surface area contributed by atoms with E-state index in [4.69, 9.17) is 9.72 Å². The second kappa shape index (κ2) is 8.09. The summed E-state index contributed by atoms with van der Waals surface area (Å²) in [4.78, 5) is 18.1. The Morgan fingerprint density at radius 1 is 0.929 bits per heavy atom. The van der Waals surface area contributed by atoms with Crippen LogP contribution >= 0.6 is 0 Å². The van der Waals surface area contributed by atoms with E-state index in [1.807, 2.05) is 73.7 Å². The monoisotopic (exact) mass is 370 g/mol. The standard InChI is InChI=1S/C24H22N2O2/c1-2-28-20-12-8-11-19(17-20)23-25-22-14-7-6-13-21(22)24(27)26(23)16-15-18-9-4-3-5-10-18/h3-14,17H,2,15-16H2,1H3. The predicted octanol–water partition coefficient (Wildman–Crippen LogP) is 4.70. The molecule has 0 radical (unpaired) electrons. The molecule has 0 atom stereocenters. The van der Waals surface area contributed by atoms with Gasteiger partial charge in [0.25, 0.3) is 5.56 Å². The van der Waals surface area contributed by atoms with E-state index in [1.165, 1.54) is 5.56 Å². The zero-order valence-electron chi connectivity index (χ0n) is 15.8. The molecule has 0 aliphatic rings. The molecule has 1 aromatic heterocycles. The Balaban J connectivity index is 1.83. The van der Waals surface area contributed by atoms with Crippen molar-refractivity contribution in [3.8, 4) is 17.1 Å². The Morgan fingerprint density at radius 3 is 2.54 bits per heavy atom. The van der Waals surface area contributed by atoms with E-state index in [0.717, 1.165) is 17.7 Å². The molecule has 0 saturated carbocycles. The van der Waals surface area contributed by atoms with Gasteiger partial charge in [0, 0.05) is 12.1 Å². The van der Waals surface area contributed by atoms with Gasteiger partial charge in [-0.05, 0) is 43.2 Å². The summed E-state index contributed by atoms with van der Waals surface area (Å²) in [6, 6.07) is 25.5. The molecular weight excluding hydrogens is 348 g/mol. The summed E-state index contributed by atoms with van der Waals surface area (Å²) in [6.07, 6.45) is 0.763. The summed E-state index contributed by atoms with van der Waals surface area (Å²) in [5.41, 5.74) is 2.76. The summed E-state index contributed by atoms with van der Waals surface area (Å²) in [6.45, 7) is 3.11. The van der Waals surface area contributed by atoms with Gasteiger partial charge in [0.15, 0.2) is 0 Å². The van der Waals surface area contributed by atoms with E-state index in [2.05, 4.69) is 12.1 Å². The number of rotatable bonds is 6. The van der Waals surface area contributed by atoms with Gasteiger partial charge >= 0.3 is 0 Å². The third-order valence-corrected chi connectivity index (χ3v) is 4.73. The first-order chi connectivity index (χ1) is 13.8. The predicted molar refractivity (Wildman–Crippen MR) is 113 cm³/mol. The highest BCUT2D eigenvalue weighted by atomic mass is 16.5. The van der Waals surface area contributed by atoms with E-state index in [1.54, 1.807) is 4.57 Å². The topological polar surface area (TPSA) is 44.1 Å². The maximum Gasteiger partial charge on any atom is 0.261 e. The van der Waals surface area contributed by atoms with Crippen molar-refractivity contribution in [3.63, 3.8) is 0 Å². The quantitative estimate of drug-likeness (QED) is 0.494. The number of aromatic nitrogens is 2. The van der Waals surface area contributed by atoms with Crippen LogP contribution in [-0.2, 0) is 13.0 Å². The Kier molecular flexibility index (Phi) is 5.20. The molecule has 4 nitrogen and oxygen atoms in total. The van der Waals surface area contributed by atoms with Crippen LogP contribution in [0.15, 0.2) is 83.7 Å². The van der Waals surface area contributed by atoms with Gasteiger partial charge in [0.05, 0.1) is 17.5 Å². The average molecular weight is 370 g/mol. The zero-order valence-corrected chi connectivity index (χ0v) is 15.8. The summed E-state index contributed by atoms with van der Waals surface area (Å²) in [5.74, 6) is 1.44. The van der Waals surface area contributed by atoms with Crippen LogP contribution in [0.2, 0.25) is 0 Å². The molecule has 4 heteroatoms. The number of nitrogens with zero attached hydrogens (tertiary/aromatic N) is 2. The molecule has 4 rings (SSSR count). The lowest BCUT2D eigenvalue weighted by molar-refractivity contribution is 0.340. The second-order valence-corrected chi connectivity index (χ2v) is 6.61. The van der Waals surface area contributed by atoms with E-state index in [9.17, 15) is 4.79 Å². The molecule has 28 heavy (non-hydrogen) atoms. The lowest BCUT2D eigenvalue weighted by Crippen LogP contribution is -2.24. The van der Waals surface area contributed by atoms with Crippen LogP contribution in [0.1, 0.15) is 12.5 Å². The van der Waals surface area contributed by atoms with Gasteiger partial charge in [0.1, 0.15) is 11.6 Å². The van der Waals surface area contributed by atoms with Crippen molar-refractivity contribution < 1.29 is 4.74 Å². The highest BCUT2D eigenvalue weighted by Crippen LogP contribution is 2.23. The number of benzene rings is 3. The Bertz CT molecular complexity index is 1150. The molecule has 0 N–H and O–H groups in total. The molecule has 0 spiro atoms. The number of hydrogen-bond donors (Lipinski definition) is 0. The fraction of sp³-hybridized carbons (Fsp3) is 0.167. The van der Waals surface area contributed by atoms with Crippen molar-refractivity contribution in [1.29, 1.82) is 0 Å². The van der Waals surface area contributed by atoms with Gasteiger partial charge in [-0.2, -0.15) is 0 Å². The largest absolute Gasteiger partial charge is 0.494 e. The average Bonchev–Trinajstić information content (AvgIpc) is 2.74. The first kappa shape index (κ1) is 18.0. The molecular formula is C24H22N2O2. The fourth-order valence-electron chi connectivity index (χ4n) is 3.37. The lowest BCUT2D eigenvalue weighted by Gasteiger charge is -2.14. The molecule has 0 amide bonds. The summed E-state index contributed by atoms with van der Waals surface area (Å²) in [7, 11) is 0. The van der Waals surface area contributed by atoms with Crippen LogP contribution in [0, 0.1) is 0 Å². The minimum Gasteiger partial charge on any atom is -0.494 e. The van der Waals surface area contributed by atoms with Crippen molar-refractivity contribution in [1.82, 2.24) is 9.55 Å². The van der Waals surface area contributed by atoms with Crippen LogP contribution in [0.25, 0.3) is 22.3 Å². The van der Waals surface area contributed by atoms with E-state index in [-0.39, 0.29) is 5.56 Å². The van der Waals surface area contributed by atoms with Gasteiger partial charge in [-0.1, -0.05) is 54.6 Å². The molecule has 1 heterocycles. The zero-order chi connectivity index (χ0) is 19.3. The van der Waals surface area contributed by atoms with Crippen LogP contribution < -0.4 is 10.3 Å². The first-order valence-electron chi connectivity index (χ1n) is 9.53. The van der Waals surface area contributed by atoms with Crippen molar-refractivity contribution in [2.45, 2.75) is 19.9 Å². The SMILES string of the molecule is CCOc1cccc(-c2nc3ccccc3c(=O)n2CCc2ccccc2)c1. The van der Waals surface area contributed by atoms with Gasteiger partial charge < -0.3 is 4.74 Å². The Morgan fingerprint density at radius 2 is 1.71 bits per heavy atom. The number of para-hydroxylation sites is 1. The highest BCUT2D eigenvalue weighted by Gasteiger charge is 2.13.